The molecule has 0 saturated carbocycles. The number of carbonyl (C=O) groups is 2. The summed E-state index contributed by atoms with van der Waals surface area (Å²) in [7, 11) is -2.52. The number of anilines is 2. The van der Waals surface area contributed by atoms with Gasteiger partial charge in [-0.05, 0) is 62.2 Å². The van der Waals surface area contributed by atoms with E-state index >= 15 is 0 Å². The molecule has 0 aliphatic rings. The van der Waals surface area contributed by atoms with Gasteiger partial charge in [-0.15, -0.1) is 0 Å². The Balaban J connectivity index is 2.39. The molecule has 0 bridgehead atoms. The first-order chi connectivity index (χ1) is 13.4. The van der Waals surface area contributed by atoms with Crippen molar-refractivity contribution in [1.29, 1.82) is 0 Å². The summed E-state index contributed by atoms with van der Waals surface area (Å²) in [5.74, 6) is -1.18. The van der Waals surface area contributed by atoms with Gasteiger partial charge in [0.1, 0.15) is 6.04 Å². The van der Waals surface area contributed by atoms with Gasteiger partial charge in [0.2, 0.25) is 15.9 Å². The average Bonchev–Trinajstić information content (AvgIpc) is 2.60. The summed E-state index contributed by atoms with van der Waals surface area (Å²) in [6, 6.07) is 8.53. The summed E-state index contributed by atoms with van der Waals surface area (Å²) >= 11 is 6.12. The number of esters is 1. The fourth-order valence-corrected chi connectivity index (χ4v) is 4.31. The second kappa shape index (κ2) is 8.84. The number of hydrogen-bond acceptors (Lipinski definition) is 5. The lowest BCUT2D eigenvalue weighted by Gasteiger charge is -2.29. The number of carbonyl (C=O) groups excluding carboxylic acids is 2. The van der Waals surface area contributed by atoms with Gasteiger partial charge in [0.25, 0.3) is 0 Å². The number of aryl methyl sites for hydroxylation is 2. The summed E-state index contributed by atoms with van der Waals surface area (Å²) in [6.07, 6.45) is 1.04. The Hall–Kier alpha value is -2.58. The van der Waals surface area contributed by atoms with Crippen molar-refractivity contribution in [3.05, 3.63) is 58.1 Å². The maximum atomic E-state index is 12.9. The fourth-order valence-electron chi connectivity index (χ4n) is 2.99. The van der Waals surface area contributed by atoms with Gasteiger partial charge >= 0.3 is 5.97 Å². The van der Waals surface area contributed by atoms with E-state index in [1.807, 2.05) is 19.9 Å². The van der Waals surface area contributed by atoms with Crippen LogP contribution in [0.15, 0.2) is 36.4 Å². The SMILES string of the molecule is COC(=O)c1ccc(Cl)c(NC(=O)C(C)N(c2cc(C)cc(C)c2)S(C)(=O)=O)c1. The zero-order valence-corrected chi connectivity index (χ0v) is 18.4. The van der Waals surface area contributed by atoms with Crippen LogP contribution in [0.4, 0.5) is 11.4 Å². The lowest BCUT2D eigenvalue weighted by atomic mass is 10.1. The quantitative estimate of drug-likeness (QED) is 0.696. The van der Waals surface area contributed by atoms with Crippen molar-refractivity contribution >= 4 is 44.9 Å². The van der Waals surface area contributed by atoms with Gasteiger partial charge in [0, 0.05) is 0 Å². The van der Waals surface area contributed by atoms with Crippen LogP contribution in [0.1, 0.15) is 28.4 Å². The average molecular weight is 439 g/mol. The molecule has 1 amide bonds. The molecule has 7 nitrogen and oxygen atoms in total. The molecule has 0 fully saturated rings. The molecular weight excluding hydrogens is 416 g/mol. The number of methoxy groups -OCH3 is 1. The normalized spacial score (nSPS) is 12.2. The number of rotatable bonds is 6. The Morgan fingerprint density at radius 3 is 2.21 bits per heavy atom. The van der Waals surface area contributed by atoms with Crippen LogP contribution in [0.2, 0.25) is 5.02 Å². The fraction of sp³-hybridized carbons (Fsp3) is 0.300. The Bertz CT molecular complexity index is 1030. The Labute approximate surface area is 175 Å². The molecular formula is C20H23ClN2O5S. The van der Waals surface area contributed by atoms with E-state index in [9.17, 15) is 18.0 Å². The molecule has 2 aromatic carbocycles. The lowest BCUT2D eigenvalue weighted by Crippen LogP contribution is -2.45. The van der Waals surface area contributed by atoms with Crippen molar-refractivity contribution in [2.45, 2.75) is 26.8 Å². The van der Waals surface area contributed by atoms with Crippen molar-refractivity contribution in [2.75, 3.05) is 23.0 Å². The first-order valence-corrected chi connectivity index (χ1v) is 10.9. The van der Waals surface area contributed by atoms with Gasteiger partial charge < -0.3 is 10.1 Å². The van der Waals surface area contributed by atoms with Crippen molar-refractivity contribution < 1.29 is 22.7 Å². The molecule has 0 aliphatic carbocycles. The molecule has 2 rings (SSSR count). The highest BCUT2D eigenvalue weighted by Crippen LogP contribution is 2.27. The first-order valence-electron chi connectivity index (χ1n) is 8.70. The van der Waals surface area contributed by atoms with Crippen LogP contribution in [0.3, 0.4) is 0 Å². The summed E-state index contributed by atoms with van der Waals surface area (Å²) in [5.41, 5.74) is 2.52. The zero-order valence-electron chi connectivity index (χ0n) is 16.8. The van der Waals surface area contributed by atoms with Crippen LogP contribution >= 0.6 is 11.6 Å². The number of nitrogens with one attached hydrogen (secondary N) is 1. The number of benzene rings is 2. The molecule has 0 radical (unpaired) electrons. The number of halogens is 1. The van der Waals surface area contributed by atoms with E-state index in [-0.39, 0.29) is 16.3 Å². The molecule has 9 heteroatoms. The maximum absolute atomic E-state index is 12.9. The topological polar surface area (TPSA) is 92.8 Å². The summed E-state index contributed by atoms with van der Waals surface area (Å²) in [4.78, 5) is 24.6. The molecule has 156 valence electrons. The molecule has 0 saturated heterocycles. The minimum absolute atomic E-state index is 0.181. The molecule has 0 spiro atoms. The standard InChI is InChI=1S/C20H23ClN2O5S/c1-12-8-13(2)10-16(9-12)23(29(5,26)27)14(3)19(24)22-18-11-15(20(25)28-4)6-7-17(18)21/h6-11,14H,1-5H3,(H,22,24). The second-order valence-corrected chi connectivity index (χ2v) is 9.02. The van der Waals surface area contributed by atoms with Gasteiger partial charge in [0.05, 0.1) is 35.3 Å². The smallest absolute Gasteiger partial charge is 0.337 e. The van der Waals surface area contributed by atoms with Gasteiger partial charge in [0.15, 0.2) is 0 Å². The predicted octanol–water partition coefficient (Wildman–Crippen LogP) is 3.54. The molecule has 2 aromatic rings. The minimum Gasteiger partial charge on any atom is -0.465 e. The summed E-state index contributed by atoms with van der Waals surface area (Å²) < 4.78 is 30.6. The third-order valence-electron chi connectivity index (χ3n) is 4.19. The maximum Gasteiger partial charge on any atom is 0.337 e. The van der Waals surface area contributed by atoms with Crippen molar-refractivity contribution in [3.63, 3.8) is 0 Å². The molecule has 0 aromatic heterocycles. The van der Waals surface area contributed by atoms with Gasteiger partial charge in [-0.3, -0.25) is 9.10 Å². The third kappa shape index (κ3) is 5.48. The largest absolute Gasteiger partial charge is 0.465 e. The zero-order chi connectivity index (χ0) is 21.9. The second-order valence-electron chi connectivity index (χ2n) is 6.76. The number of nitrogens with zero attached hydrogens (tertiary/aromatic N) is 1. The molecule has 1 N–H and O–H groups in total. The predicted molar refractivity (Wildman–Crippen MR) is 114 cm³/mol. The van der Waals surface area contributed by atoms with E-state index in [1.165, 1.54) is 32.2 Å². The van der Waals surface area contributed by atoms with Crippen LogP contribution in [-0.4, -0.2) is 39.7 Å². The Kier molecular flexibility index (Phi) is 6.92. The Morgan fingerprint density at radius 1 is 1.10 bits per heavy atom. The van der Waals surface area contributed by atoms with Gasteiger partial charge in [-0.25, -0.2) is 13.2 Å². The summed E-state index contributed by atoms with van der Waals surface area (Å²) in [6.45, 7) is 5.17. The van der Waals surface area contributed by atoms with E-state index < -0.39 is 27.9 Å². The molecule has 29 heavy (non-hydrogen) atoms. The van der Waals surface area contributed by atoms with E-state index in [0.29, 0.717) is 5.69 Å². The third-order valence-corrected chi connectivity index (χ3v) is 5.77. The van der Waals surface area contributed by atoms with Gasteiger partial charge in [-0.1, -0.05) is 17.7 Å². The highest BCUT2D eigenvalue weighted by atomic mass is 35.5. The Morgan fingerprint density at radius 2 is 1.69 bits per heavy atom. The van der Waals surface area contributed by atoms with Crippen LogP contribution in [0, 0.1) is 13.8 Å². The highest BCUT2D eigenvalue weighted by molar-refractivity contribution is 7.92. The molecule has 1 atom stereocenters. The van der Waals surface area contributed by atoms with Crippen LogP contribution in [-0.2, 0) is 19.6 Å². The monoisotopic (exact) mass is 438 g/mol. The molecule has 1 unspecified atom stereocenters. The number of sulfonamides is 1. The number of amides is 1. The van der Waals surface area contributed by atoms with Crippen LogP contribution < -0.4 is 9.62 Å². The lowest BCUT2D eigenvalue weighted by molar-refractivity contribution is -0.116. The molecule has 0 heterocycles. The van der Waals surface area contributed by atoms with E-state index in [4.69, 9.17) is 11.6 Å². The first kappa shape index (κ1) is 22.7. The molecule has 0 aliphatic heterocycles. The summed E-state index contributed by atoms with van der Waals surface area (Å²) in [5, 5.41) is 2.80. The van der Waals surface area contributed by atoms with Crippen LogP contribution in [0.5, 0.6) is 0 Å². The van der Waals surface area contributed by atoms with E-state index in [1.54, 1.807) is 12.1 Å². The van der Waals surface area contributed by atoms with E-state index in [2.05, 4.69) is 10.1 Å². The van der Waals surface area contributed by atoms with Crippen molar-refractivity contribution in [1.82, 2.24) is 0 Å². The van der Waals surface area contributed by atoms with Crippen molar-refractivity contribution in [2.24, 2.45) is 0 Å². The van der Waals surface area contributed by atoms with Crippen molar-refractivity contribution in [3.8, 4) is 0 Å². The number of hydrogen-bond donors (Lipinski definition) is 1. The van der Waals surface area contributed by atoms with E-state index in [0.717, 1.165) is 21.7 Å². The minimum atomic E-state index is -3.76. The highest BCUT2D eigenvalue weighted by Gasteiger charge is 2.30. The van der Waals surface area contributed by atoms with Gasteiger partial charge in [-0.2, -0.15) is 0 Å². The van der Waals surface area contributed by atoms with Crippen LogP contribution in [0.25, 0.3) is 0 Å². The number of ether oxygens (including phenoxy) is 1.